The van der Waals surface area contributed by atoms with Crippen LogP contribution in [0.1, 0.15) is 54.1 Å². The molecule has 0 bridgehead atoms. The summed E-state index contributed by atoms with van der Waals surface area (Å²) < 4.78 is 11.3. The van der Waals surface area contributed by atoms with Crippen molar-refractivity contribution < 1.29 is 14.3 Å². The van der Waals surface area contributed by atoms with Gasteiger partial charge in [-0.25, -0.2) is 0 Å². The first kappa shape index (κ1) is 20.9. The standard InChI is InChI=1S/C26H33NO3/c1-3-13-30-25-17-23-21(16-24(25)29-2)15-22(26(23)28)14-19-9-11-27(12-10-19)18-20-7-5-4-6-8-20/h4-8,16-17,19,22H,3,9-15,18H2,1-2H3. The summed E-state index contributed by atoms with van der Waals surface area (Å²) >= 11 is 0. The maximum Gasteiger partial charge on any atom is 0.166 e. The molecule has 2 aromatic carbocycles. The van der Waals surface area contributed by atoms with Gasteiger partial charge in [0.05, 0.1) is 13.7 Å². The Morgan fingerprint density at radius 3 is 2.53 bits per heavy atom. The van der Waals surface area contributed by atoms with Gasteiger partial charge in [-0.2, -0.15) is 0 Å². The second kappa shape index (κ2) is 9.65. The number of methoxy groups -OCH3 is 1. The van der Waals surface area contributed by atoms with E-state index in [0.29, 0.717) is 24.1 Å². The second-order valence-electron chi connectivity index (χ2n) is 8.71. The highest BCUT2D eigenvalue weighted by atomic mass is 16.5. The van der Waals surface area contributed by atoms with Crippen LogP contribution in [0.2, 0.25) is 0 Å². The number of ketones is 1. The number of ether oxygens (including phenoxy) is 2. The summed E-state index contributed by atoms with van der Waals surface area (Å²) in [6.07, 6.45) is 5.13. The molecular weight excluding hydrogens is 374 g/mol. The van der Waals surface area contributed by atoms with Crippen molar-refractivity contribution in [2.45, 2.75) is 45.6 Å². The molecule has 0 N–H and O–H groups in total. The van der Waals surface area contributed by atoms with Crippen LogP contribution in [0.15, 0.2) is 42.5 Å². The molecule has 1 atom stereocenters. The Morgan fingerprint density at radius 1 is 1.07 bits per heavy atom. The molecule has 1 saturated heterocycles. The number of hydrogen-bond acceptors (Lipinski definition) is 4. The van der Waals surface area contributed by atoms with Crippen LogP contribution >= 0.6 is 0 Å². The van der Waals surface area contributed by atoms with Crippen molar-refractivity contribution in [1.29, 1.82) is 0 Å². The van der Waals surface area contributed by atoms with Crippen LogP contribution in [0.5, 0.6) is 11.5 Å². The van der Waals surface area contributed by atoms with Crippen molar-refractivity contribution in [2.24, 2.45) is 11.8 Å². The average Bonchev–Trinajstić information content (AvgIpc) is 3.08. The lowest BCUT2D eigenvalue weighted by Gasteiger charge is -2.32. The van der Waals surface area contributed by atoms with Gasteiger partial charge in [0, 0.05) is 18.0 Å². The fourth-order valence-electron chi connectivity index (χ4n) is 4.88. The molecule has 30 heavy (non-hydrogen) atoms. The van der Waals surface area contributed by atoms with Gasteiger partial charge in [0.25, 0.3) is 0 Å². The summed E-state index contributed by atoms with van der Waals surface area (Å²) in [5.41, 5.74) is 3.34. The minimum Gasteiger partial charge on any atom is -0.493 e. The molecule has 4 nitrogen and oxygen atoms in total. The van der Waals surface area contributed by atoms with E-state index in [4.69, 9.17) is 9.47 Å². The van der Waals surface area contributed by atoms with Gasteiger partial charge in [-0.3, -0.25) is 9.69 Å². The Bertz CT molecular complexity index is 856. The summed E-state index contributed by atoms with van der Waals surface area (Å²) in [6, 6.07) is 14.6. The third kappa shape index (κ3) is 4.70. The van der Waals surface area contributed by atoms with E-state index in [1.807, 2.05) is 12.1 Å². The number of Topliss-reactive ketones (excluding diaryl/α,β-unsaturated/α-hetero) is 1. The van der Waals surface area contributed by atoms with E-state index in [1.165, 1.54) is 18.4 Å². The minimum atomic E-state index is 0.108. The van der Waals surface area contributed by atoms with Gasteiger partial charge in [0.15, 0.2) is 17.3 Å². The normalized spacial score (nSPS) is 19.7. The van der Waals surface area contributed by atoms with Gasteiger partial charge in [-0.1, -0.05) is 37.3 Å². The predicted molar refractivity (Wildman–Crippen MR) is 119 cm³/mol. The maximum atomic E-state index is 13.1. The number of hydrogen-bond donors (Lipinski definition) is 0. The highest BCUT2D eigenvalue weighted by Crippen LogP contribution is 2.39. The molecule has 1 fully saturated rings. The van der Waals surface area contributed by atoms with Crippen molar-refractivity contribution in [3.63, 3.8) is 0 Å². The summed E-state index contributed by atoms with van der Waals surface area (Å²) in [4.78, 5) is 15.6. The van der Waals surface area contributed by atoms with Crippen LogP contribution in [-0.4, -0.2) is 37.5 Å². The number of likely N-dealkylation sites (tertiary alicyclic amines) is 1. The van der Waals surface area contributed by atoms with E-state index in [-0.39, 0.29) is 5.92 Å². The predicted octanol–water partition coefficient (Wildman–Crippen LogP) is 5.14. The molecule has 160 valence electrons. The number of carbonyl (C=O) groups excluding carboxylic acids is 1. The monoisotopic (exact) mass is 407 g/mol. The van der Waals surface area contributed by atoms with Gasteiger partial charge in [0.2, 0.25) is 0 Å². The van der Waals surface area contributed by atoms with Gasteiger partial charge in [-0.05, 0) is 74.4 Å². The number of piperidine rings is 1. The molecule has 1 unspecified atom stereocenters. The van der Waals surface area contributed by atoms with Crippen molar-refractivity contribution in [3.05, 3.63) is 59.2 Å². The van der Waals surface area contributed by atoms with Crippen molar-refractivity contribution in [1.82, 2.24) is 4.90 Å². The SMILES string of the molecule is CCCOc1cc2c(cc1OC)CC(CC1CCN(Cc3ccccc3)CC1)C2=O. The summed E-state index contributed by atoms with van der Waals surface area (Å²) in [5, 5.41) is 0. The van der Waals surface area contributed by atoms with Crippen LogP contribution in [0.25, 0.3) is 0 Å². The van der Waals surface area contributed by atoms with Crippen LogP contribution in [0.3, 0.4) is 0 Å². The molecule has 0 radical (unpaired) electrons. The Kier molecular flexibility index (Phi) is 6.73. The topological polar surface area (TPSA) is 38.8 Å². The zero-order chi connectivity index (χ0) is 20.9. The fourth-order valence-corrected chi connectivity index (χ4v) is 4.88. The molecule has 4 heteroatoms. The first-order valence-electron chi connectivity index (χ1n) is 11.3. The van der Waals surface area contributed by atoms with Crippen LogP contribution < -0.4 is 9.47 Å². The zero-order valence-corrected chi connectivity index (χ0v) is 18.2. The Labute approximate surface area is 180 Å². The lowest BCUT2D eigenvalue weighted by atomic mass is 9.85. The second-order valence-corrected chi connectivity index (χ2v) is 8.71. The van der Waals surface area contributed by atoms with E-state index >= 15 is 0 Å². The highest BCUT2D eigenvalue weighted by Gasteiger charge is 2.34. The van der Waals surface area contributed by atoms with Gasteiger partial charge in [-0.15, -0.1) is 0 Å². The summed E-state index contributed by atoms with van der Waals surface area (Å²) in [5.74, 6) is 2.47. The summed E-state index contributed by atoms with van der Waals surface area (Å²) in [6.45, 7) is 5.98. The van der Waals surface area contributed by atoms with Crippen LogP contribution in [0.4, 0.5) is 0 Å². The molecule has 0 saturated carbocycles. The smallest absolute Gasteiger partial charge is 0.166 e. The van der Waals surface area contributed by atoms with Crippen LogP contribution in [0, 0.1) is 11.8 Å². The number of fused-ring (bicyclic) bond motifs is 1. The Morgan fingerprint density at radius 2 is 1.83 bits per heavy atom. The van der Waals surface area contributed by atoms with E-state index in [2.05, 4.69) is 42.2 Å². The average molecular weight is 408 g/mol. The highest BCUT2D eigenvalue weighted by molar-refractivity contribution is 6.02. The van der Waals surface area contributed by atoms with E-state index in [0.717, 1.165) is 55.8 Å². The molecule has 4 rings (SSSR count). The van der Waals surface area contributed by atoms with Gasteiger partial charge in [0.1, 0.15) is 0 Å². The lowest BCUT2D eigenvalue weighted by Crippen LogP contribution is -2.34. The molecular formula is C26H33NO3. The minimum absolute atomic E-state index is 0.108. The number of benzene rings is 2. The molecule has 2 aliphatic rings. The van der Waals surface area contributed by atoms with Crippen molar-refractivity contribution >= 4 is 5.78 Å². The first-order valence-corrected chi connectivity index (χ1v) is 11.3. The fraction of sp³-hybridized carbons (Fsp3) is 0.500. The molecule has 1 aliphatic heterocycles. The van der Waals surface area contributed by atoms with Crippen LogP contribution in [-0.2, 0) is 13.0 Å². The maximum absolute atomic E-state index is 13.1. The Hall–Kier alpha value is -2.33. The van der Waals surface area contributed by atoms with Gasteiger partial charge < -0.3 is 9.47 Å². The summed E-state index contributed by atoms with van der Waals surface area (Å²) in [7, 11) is 1.66. The van der Waals surface area contributed by atoms with E-state index in [9.17, 15) is 4.79 Å². The molecule has 1 aliphatic carbocycles. The molecule has 1 heterocycles. The van der Waals surface area contributed by atoms with E-state index in [1.54, 1.807) is 7.11 Å². The lowest BCUT2D eigenvalue weighted by molar-refractivity contribution is 0.0895. The van der Waals surface area contributed by atoms with Crippen molar-refractivity contribution in [3.8, 4) is 11.5 Å². The quantitative estimate of drug-likeness (QED) is 0.607. The first-order chi connectivity index (χ1) is 14.7. The molecule has 0 aromatic heterocycles. The molecule has 2 aromatic rings. The molecule has 0 spiro atoms. The van der Waals surface area contributed by atoms with E-state index < -0.39 is 0 Å². The number of nitrogens with zero attached hydrogens (tertiary/aromatic N) is 1. The third-order valence-corrected chi connectivity index (χ3v) is 6.53. The Balaban J connectivity index is 1.34. The van der Waals surface area contributed by atoms with Crippen molar-refractivity contribution in [2.75, 3.05) is 26.8 Å². The largest absolute Gasteiger partial charge is 0.493 e. The third-order valence-electron chi connectivity index (χ3n) is 6.53. The number of rotatable bonds is 8. The van der Waals surface area contributed by atoms with Gasteiger partial charge >= 0.3 is 0 Å². The number of carbonyl (C=O) groups is 1. The zero-order valence-electron chi connectivity index (χ0n) is 18.2. The molecule has 0 amide bonds.